The number of thiophene rings is 1. The summed E-state index contributed by atoms with van der Waals surface area (Å²) in [4.78, 5) is 14.0. The average Bonchev–Trinajstić information content (AvgIpc) is 2.94. The zero-order valence-electron chi connectivity index (χ0n) is 12.9. The fourth-order valence-corrected chi connectivity index (χ4v) is 4.19. The van der Waals surface area contributed by atoms with Gasteiger partial charge in [-0.15, -0.1) is 11.3 Å². The third-order valence-electron chi connectivity index (χ3n) is 3.50. The number of rotatable bonds is 4. The maximum absolute atomic E-state index is 12.4. The zero-order valence-corrected chi connectivity index (χ0v) is 15.3. The van der Waals surface area contributed by atoms with E-state index in [4.69, 9.17) is 11.6 Å². The molecule has 0 bridgehead atoms. The van der Waals surface area contributed by atoms with Gasteiger partial charge in [-0.05, 0) is 36.1 Å². The van der Waals surface area contributed by atoms with Crippen LogP contribution < -0.4 is 5.32 Å². The molecule has 0 saturated carbocycles. The van der Waals surface area contributed by atoms with Crippen molar-refractivity contribution in [3.05, 3.63) is 46.3 Å². The van der Waals surface area contributed by atoms with E-state index in [1.165, 1.54) is 22.3 Å². The summed E-state index contributed by atoms with van der Waals surface area (Å²) in [6.45, 7) is 1.88. The Labute approximate surface area is 144 Å². The summed E-state index contributed by atoms with van der Waals surface area (Å²) in [5.41, 5.74) is 0.932. The lowest BCUT2D eigenvalue weighted by molar-refractivity contribution is 0.208. The third kappa shape index (κ3) is 4.25. The Morgan fingerprint density at radius 3 is 2.43 bits per heavy atom. The number of anilines is 1. The first-order valence-electron chi connectivity index (χ1n) is 6.77. The average molecular weight is 373 g/mol. The first kappa shape index (κ1) is 17.8. The normalized spacial score (nSPS) is 12.7. The highest BCUT2D eigenvalue weighted by Gasteiger charge is 2.21. The Morgan fingerprint density at radius 1 is 1.26 bits per heavy atom. The number of hydrogen-bond acceptors (Lipinski definition) is 4. The minimum Gasteiger partial charge on any atom is -0.321 e. The minimum absolute atomic E-state index is 0.128. The third-order valence-corrected chi connectivity index (χ3v) is 5.85. The van der Waals surface area contributed by atoms with E-state index in [-0.39, 0.29) is 17.0 Å². The summed E-state index contributed by atoms with van der Waals surface area (Å²) in [7, 11) is -1.72. The second-order valence-electron chi connectivity index (χ2n) is 5.15. The van der Waals surface area contributed by atoms with Crippen molar-refractivity contribution in [2.75, 3.05) is 18.6 Å². The van der Waals surface area contributed by atoms with Gasteiger partial charge in [-0.25, -0.2) is 13.2 Å². The van der Waals surface area contributed by atoms with Crippen molar-refractivity contribution >= 4 is 43.8 Å². The summed E-state index contributed by atoms with van der Waals surface area (Å²) in [6.07, 6.45) is 1.12. The predicted octanol–water partition coefficient (Wildman–Crippen LogP) is 4.03. The predicted molar refractivity (Wildman–Crippen MR) is 94.1 cm³/mol. The molecule has 5 nitrogen and oxygen atoms in total. The number of nitrogens with zero attached hydrogens (tertiary/aromatic N) is 1. The summed E-state index contributed by atoms with van der Waals surface area (Å²) in [6, 6.07) is 8.15. The molecule has 1 N–H and O–H groups in total. The second kappa shape index (κ2) is 6.90. The van der Waals surface area contributed by atoms with Crippen molar-refractivity contribution in [1.82, 2.24) is 4.90 Å². The molecule has 1 aromatic carbocycles. The molecule has 0 aliphatic rings. The summed E-state index contributed by atoms with van der Waals surface area (Å²) < 4.78 is 23.4. The molecule has 0 spiro atoms. The maximum Gasteiger partial charge on any atom is 0.322 e. The molecule has 124 valence electrons. The van der Waals surface area contributed by atoms with Crippen LogP contribution in [-0.2, 0) is 9.84 Å². The van der Waals surface area contributed by atoms with Crippen LogP contribution in [-0.4, -0.2) is 32.7 Å². The van der Waals surface area contributed by atoms with Crippen LogP contribution in [0.25, 0.3) is 0 Å². The van der Waals surface area contributed by atoms with Gasteiger partial charge in [0.05, 0.1) is 6.04 Å². The highest BCUT2D eigenvalue weighted by atomic mass is 35.5. The van der Waals surface area contributed by atoms with Crippen molar-refractivity contribution < 1.29 is 13.2 Å². The first-order chi connectivity index (χ1) is 10.7. The quantitative estimate of drug-likeness (QED) is 0.881. The van der Waals surface area contributed by atoms with Crippen molar-refractivity contribution in [2.45, 2.75) is 17.9 Å². The number of hydrogen-bond donors (Lipinski definition) is 1. The maximum atomic E-state index is 12.4. The highest BCUT2D eigenvalue weighted by Crippen LogP contribution is 2.29. The van der Waals surface area contributed by atoms with Gasteiger partial charge in [0.1, 0.15) is 9.90 Å². The molecule has 1 atom stereocenters. The molecule has 23 heavy (non-hydrogen) atoms. The molecule has 0 radical (unpaired) electrons. The SMILES string of the molecule is CC(c1ccc(Cl)cc1)N(C)C(=O)Nc1sccc1S(C)(=O)=O. The molecule has 1 aromatic heterocycles. The number of sulfone groups is 1. The molecule has 1 heterocycles. The van der Waals surface area contributed by atoms with Gasteiger partial charge in [-0.1, -0.05) is 23.7 Å². The van der Waals surface area contributed by atoms with Crippen LogP contribution in [0.5, 0.6) is 0 Å². The number of carbonyl (C=O) groups excluding carboxylic acids is 1. The van der Waals surface area contributed by atoms with Crippen LogP contribution in [0, 0.1) is 0 Å². The number of carbonyl (C=O) groups is 1. The lowest BCUT2D eigenvalue weighted by atomic mass is 10.1. The number of nitrogens with one attached hydrogen (secondary N) is 1. The van der Waals surface area contributed by atoms with Gasteiger partial charge in [-0.3, -0.25) is 5.32 Å². The molecule has 2 aromatic rings. The Hall–Kier alpha value is -1.57. The molecular weight excluding hydrogens is 356 g/mol. The van der Waals surface area contributed by atoms with Crippen molar-refractivity contribution in [3.8, 4) is 0 Å². The van der Waals surface area contributed by atoms with E-state index < -0.39 is 9.84 Å². The molecule has 1 unspecified atom stereocenters. The molecule has 2 amide bonds. The number of halogens is 1. The van der Waals surface area contributed by atoms with Gasteiger partial charge in [0.2, 0.25) is 0 Å². The van der Waals surface area contributed by atoms with Crippen molar-refractivity contribution in [3.63, 3.8) is 0 Å². The Morgan fingerprint density at radius 2 is 1.87 bits per heavy atom. The second-order valence-corrected chi connectivity index (χ2v) is 8.49. The molecule has 0 aliphatic carbocycles. The minimum atomic E-state index is -3.38. The Balaban J connectivity index is 2.14. The smallest absolute Gasteiger partial charge is 0.321 e. The van der Waals surface area contributed by atoms with Crippen LogP contribution in [0.15, 0.2) is 40.6 Å². The van der Waals surface area contributed by atoms with E-state index in [0.717, 1.165) is 11.8 Å². The van der Waals surface area contributed by atoms with Gasteiger partial charge in [-0.2, -0.15) is 0 Å². The monoisotopic (exact) mass is 372 g/mol. The molecule has 0 aliphatic heterocycles. The van der Waals surface area contributed by atoms with Crippen molar-refractivity contribution in [2.24, 2.45) is 0 Å². The van der Waals surface area contributed by atoms with E-state index in [0.29, 0.717) is 10.0 Å². The summed E-state index contributed by atoms with van der Waals surface area (Å²) in [5, 5.41) is 5.25. The van der Waals surface area contributed by atoms with Crippen molar-refractivity contribution in [1.29, 1.82) is 0 Å². The fraction of sp³-hybridized carbons (Fsp3) is 0.267. The molecule has 2 rings (SSSR count). The number of amides is 2. The summed E-state index contributed by atoms with van der Waals surface area (Å²) in [5.74, 6) is 0. The van der Waals surface area contributed by atoms with Gasteiger partial charge >= 0.3 is 6.03 Å². The van der Waals surface area contributed by atoms with Gasteiger partial charge in [0.25, 0.3) is 0 Å². The van der Waals surface area contributed by atoms with Gasteiger partial charge < -0.3 is 4.90 Å². The lowest BCUT2D eigenvalue weighted by Gasteiger charge is -2.25. The lowest BCUT2D eigenvalue weighted by Crippen LogP contribution is -2.33. The molecular formula is C15H17ClN2O3S2. The Kier molecular flexibility index (Phi) is 5.33. The Bertz CT molecular complexity index is 800. The largest absolute Gasteiger partial charge is 0.322 e. The number of urea groups is 1. The van der Waals surface area contributed by atoms with Gasteiger partial charge in [0, 0.05) is 18.3 Å². The summed E-state index contributed by atoms with van der Waals surface area (Å²) >= 11 is 7.04. The van der Waals surface area contributed by atoms with Crippen LogP contribution in [0.1, 0.15) is 18.5 Å². The van der Waals surface area contributed by atoms with E-state index in [9.17, 15) is 13.2 Å². The fourth-order valence-electron chi connectivity index (χ4n) is 2.01. The van der Waals surface area contributed by atoms with E-state index >= 15 is 0 Å². The van der Waals surface area contributed by atoms with Crippen LogP contribution in [0.3, 0.4) is 0 Å². The van der Waals surface area contributed by atoms with E-state index in [1.807, 2.05) is 19.1 Å². The molecule has 8 heteroatoms. The highest BCUT2D eigenvalue weighted by molar-refractivity contribution is 7.91. The van der Waals surface area contributed by atoms with Crippen LogP contribution >= 0.6 is 22.9 Å². The van der Waals surface area contributed by atoms with Crippen LogP contribution in [0.2, 0.25) is 5.02 Å². The number of benzene rings is 1. The first-order valence-corrected chi connectivity index (χ1v) is 9.92. The van der Waals surface area contributed by atoms with E-state index in [1.54, 1.807) is 24.6 Å². The standard InChI is InChI=1S/C15H17ClN2O3S2/c1-10(11-4-6-12(16)7-5-11)18(2)15(19)17-14-13(8-9-22-14)23(3,20)21/h4-10H,1-3H3,(H,17,19). The van der Waals surface area contributed by atoms with Gasteiger partial charge in [0.15, 0.2) is 9.84 Å². The van der Waals surface area contributed by atoms with E-state index in [2.05, 4.69) is 5.32 Å². The molecule has 0 fully saturated rings. The molecule has 0 saturated heterocycles. The van der Waals surface area contributed by atoms with Crippen LogP contribution in [0.4, 0.5) is 9.80 Å². The topological polar surface area (TPSA) is 66.5 Å². The zero-order chi connectivity index (χ0) is 17.2.